The topological polar surface area (TPSA) is 69.0 Å². The average Bonchev–Trinajstić information content (AvgIpc) is 3.17. The summed E-state index contributed by atoms with van der Waals surface area (Å²) in [6.07, 6.45) is 0. The molecule has 0 atom stereocenters. The SMILES string of the molecule is CC(=O)c1nn(-c2cccc(C)c2)c(-c2ccccc2)c1S(=O)(=O)c1ccccc1. The molecule has 3 aromatic carbocycles. The van der Waals surface area contributed by atoms with Gasteiger partial charge in [0.25, 0.3) is 0 Å². The van der Waals surface area contributed by atoms with Gasteiger partial charge in [-0.2, -0.15) is 5.10 Å². The highest BCUT2D eigenvalue weighted by Crippen LogP contribution is 2.36. The number of rotatable bonds is 5. The van der Waals surface area contributed by atoms with E-state index in [1.165, 1.54) is 19.1 Å². The van der Waals surface area contributed by atoms with Crippen LogP contribution in [-0.4, -0.2) is 24.0 Å². The van der Waals surface area contributed by atoms with E-state index in [9.17, 15) is 13.2 Å². The smallest absolute Gasteiger partial charge is 0.211 e. The van der Waals surface area contributed by atoms with Crippen LogP contribution in [0, 0.1) is 6.92 Å². The number of hydrogen-bond acceptors (Lipinski definition) is 4. The molecule has 0 radical (unpaired) electrons. The first-order chi connectivity index (χ1) is 14.4. The summed E-state index contributed by atoms with van der Waals surface area (Å²) in [7, 11) is -3.99. The zero-order valence-electron chi connectivity index (χ0n) is 16.6. The normalized spacial score (nSPS) is 11.4. The van der Waals surface area contributed by atoms with Gasteiger partial charge in [0, 0.05) is 12.5 Å². The number of hydrogen-bond donors (Lipinski definition) is 0. The summed E-state index contributed by atoms with van der Waals surface area (Å²) in [4.78, 5) is 12.5. The van der Waals surface area contributed by atoms with Crippen molar-refractivity contribution < 1.29 is 13.2 Å². The van der Waals surface area contributed by atoms with E-state index < -0.39 is 15.6 Å². The number of carbonyl (C=O) groups is 1. The van der Waals surface area contributed by atoms with Crippen LogP contribution in [-0.2, 0) is 9.84 Å². The van der Waals surface area contributed by atoms with E-state index in [2.05, 4.69) is 5.10 Å². The molecule has 30 heavy (non-hydrogen) atoms. The van der Waals surface area contributed by atoms with Gasteiger partial charge in [-0.05, 0) is 36.8 Å². The predicted molar refractivity (Wildman–Crippen MR) is 116 cm³/mol. The number of aromatic nitrogens is 2. The summed E-state index contributed by atoms with van der Waals surface area (Å²) in [6.45, 7) is 3.28. The van der Waals surface area contributed by atoms with Gasteiger partial charge in [-0.3, -0.25) is 4.79 Å². The average molecular weight is 417 g/mol. The fourth-order valence-electron chi connectivity index (χ4n) is 3.40. The van der Waals surface area contributed by atoms with Crippen molar-refractivity contribution in [3.8, 4) is 16.9 Å². The molecule has 1 aromatic heterocycles. The maximum atomic E-state index is 13.7. The van der Waals surface area contributed by atoms with Crippen molar-refractivity contribution in [3.05, 3.63) is 96.2 Å². The van der Waals surface area contributed by atoms with Gasteiger partial charge in [-0.1, -0.05) is 60.7 Å². The van der Waals surface area contributed by atoms with Crippen molar-refractivity contribution in [1.82, 2.24) is 9.78 Å². The van der Waals surface area contributed by atoms with E-state index in [0.29, 0.717) is 16.9 Å². The second-order valence-electron chi connectivity index (χ2n) is 7.02. The van der Waals surface area contributed by atoms with Crippen molar-refractivity contribution in [3.63, 3.8) is 0 Å². The lowest BCUT2D eigenvalue weighted by Gasteiger charge is -2.11. The molecule has 0 aliphatic carbocycles. The molecule has 5 nitrogen and oxygen atoms in total. The number of aryl methyl sites for hydroxylation is 1. The molecule has 0 fully saturated rings. The summed E-state index contributed by atoms with van der Waals surface area (Å²) in [6, 6.07) is 24.8. The maximum absolute atomic E-state index is 13.7. The van der Waals surface area contributed by atoms with E-state index in [1.807, 2.05) is 61.5 Å². The molecule has 0 N–H and O–H groups in total. The molecule has 0 unspecified atom stereocenters. The van der Waals surface area contributed by atoms with E-state index in [0.717, 1.165) is 5.56 Å². The Labute approximate surface area is 175 Å². The highest BCUT2D eigenvalue weighted by molar-refractivity contribution is 7.91. The van der Waals surface area contributed by atoms with Crippen molar-refractivity contribution in [2.45, 2.75) is 23.6 Å². The Kier molecular flexibility index (Phi) is 5.10. The lowest BCUT2D eigenvalue weighted by atomic mass is 10.1. The highest BCUT2D eigenvalue weighted by atomic mass is 32.2. The number of Topliss-reactive ketones (excluding diaryl/α,β-unsaturated/α-hetero) is 1. The minimum absolute atomic E-state index is 0.0702. The minimum atomic E-state index is -3.99. The molecular formula is C24H20N2O3S. The molecular weight excluding hydrogens is 396 g/mol. The van der Waals surface area contributed by atoms with Gasteiger partial charge in [-0.25, -0.2) is 13.1 Å². The molecule has 0 spiro atoms. The molecule has 150 valence electrons. The molecule has 1 heterocycles. The van der Waals surface area contributed by atoms with E-state index in [4.69, 9.17) is 0 Å². The molecule has 0 aliphatic heterocycles. The molecule has 4 aromatic rings. The molecule has 0 saturated carbocycles. The zero-order valence-corrected chi connectivity index (χ0v) is 17.4. The Morgan fingerprint density at radius 2 is 1.50 bits per heavy atom. The first-order valence-corrected chi connectivity index (χ1v) is 10.9. The number of nitrogens with zero attached hydrogens (tertiary/aromatic N) is 2. The van der Waals surface area contributed by atoms with Crippen LogP contribution in [0.1, 0.15) is 23.0 Å². The highest BCUT2D eigenvalue weighted by Gasteiger charge is 2.33. The second kappa shape index (κ2) is 7.72. The Bertz CT molecular complexity index is 1330. The van der Waals surface area contributed by atoms with Gasteiger partial charge in [-0.15, -0.1) is 0 Å². The summed E-state index contributed by atoms with van der Waals surface area (Å²) >= 11 is 0. The van der Waals surface area contributed by atoms with Crippen LogP contribution in [0.2, 0.25) is 0 Å². The van der Waals surface area contributed by atoms with Crippen LogP contribution < -0.4 is 0 Å². The van der Waals surface area contributed by atoms with Crippen molar-refractivity contribution >= 4 is 15.6 Å². The third-order valence-electron chi connectivity index (χ3n) is 4.79. The third-order valence-corrected chi connectivity index (χ3v) is 6.61. The summed E-state index contributed by atoms with van der Waals surface area (Å²) in [5.41, 5.74) is 2.65. The van der Waals surface area contributed by atoms with Gasteiger partial charge in [0.15, 0.2) is 5.78 Å². The van der Waals surface area contributed by atoms with E-state index in [1.54, 1.807) is 22.9 Å². The van der Waals surface area contributed by atoms with E-state index >= 15 is 0 Å². The van der Waals surface area contributed by atoms with Crippen LogP contribution in [0.15, 0.2) is 94.7 Å². The summed E-state index contributed by atoms with van der Waals surface area (Å²) < 4.78 is 28.9. The van der Waals surface area contributed by atoms with Crippen LogP contribution in [0.25, 0.3) is 16.9 Å². The Morgan fingerprint density at radius 1 is 0.867 bits per heavy atom. The minimum Gasteiger partial charge on any atom is -0.293 e. The summed E-state index contributed by atoms with van der Waals surface area (Å²) in [5.74, 6) is -0.409. The van der Waals surface area contributed by atoms with Gasteiger partial charge < -0.3 is 0 Å². The first-order valence-electron chi connectivity index (χ1n) is 9.46. The Balaban J connectivity index is 2.13. The largest absolute Gasteiger partial charge is 0.293 e. The number of ketones is 1. The zero-order chi connectivity index (χ0) is 21.3. The molecule has 4 rings (SSSR count). The molecule has 0 amide bonds. The number of sulfone groups is 1. The Hall–Kier alpha value is -3.51. The second-order valence-corrected chi connectivity index (χ2v) is 8.90. The van der Waals surface area contributed by atoms with Gasteiger partial charge in [0.05, 0.1) is 16.3 Å². The standard InChI is InChI=1S/C24H20N2O3S/c1-17-10-9-13-20(16-17)26-23(19-11-5-3-6-12-19)24(22(25-26)18(2)27)30(28,29)21-14-7-4-8-15-21/h3-16H,1-2H3. The van der Waals surface area contributed by atoms with Gasteiger partial charge in [0.2, 0.25) is 9.84 Å². The lowest BCUT2D eigenvalue weighted by Crippen LogP contribution is -2.08. The number of benzene rings is 3. The number of carbonyl (C=O) groups excluding carboxylic acids is 1. The first kappa shape index (κ1) is 19.8. The van der Waals surface area contributed by atoms with Crippen LogP contribution in [0.3, 0.4) is 0 Å². The van der Waals surface area contributed by atoms with E-state index in [-0.39, 0.29) is 15.5 Å². The molecule has 0 aliphatic rings. The third kappa shape index (κ3) is 3.46. The monoisotopic (exact) mass is 416 g/mol. The van der Waals surface area contributed by atoms with Crippen molar-refractivity contribution in [2.75, 3.05) is 0 Å². The van der Waals surface area contributed by atoms with Crippen LogP contribution >= 0.6 is 0 Å². The fourth-order valence-corrected chi connectivity index (χ4v) is 5.05. The fraction of sp³-hybridized carbons (Fsp3) is 0.0833. The van der Waals surface area contributed by atoms with Crippen LogP contribution in [0.5, 0.6) is 0 Å². The quantitative estimate of drug-likeness (QED) is 0.435. The van der Waals surface area contributed by atoms with Crippen molar-refractivity contribution in [1.29, 1.82) is 0 Å². The molecule has 0 bridgehead atoms. The predicted octanol–water partition coefficient (Wildman–Crippen LogP) is 4.88. The lowest BCUT2D eigenvalue weighted by molar-refractivity contribution is 0.100. The van der Waals surface area contributed by atoms with Gasteiger partial charge >= 0.3 is 0 Å². The molecule has 0 saturated heterocycles. The van der Waals surface area contributed by atoms with Crippen molar-refractivity contribution in [2.24, 2.45) is 0 Å². The van der Waals surface area contributed by atoms with Crippen LogP contribution in [0.4, 0.5) is 0 Å². The maximum Gasteiger partial charge on any atom is 0.211 e. The molecule has 6 heteroatoms. The van der Waals surface area contributed by atoms with Gasteiger partial charge in [0.1, 0.15) is 10.6 Å². The summed E-state index contributed by atoms with van der Waals surface area (Å²) in [5, 5.41) is 4.48. The Morgan fingerprint density at radius 3 is 2.10 bits per heavy atom.